The van der Waals surface area contributed by atoms with Crippen molar-refractivity contribution in [3.8, 4) is 0 Å². The van der Waals surface area contributed by atoms with E-state index in [1.165, 1.54) is 0 Å². The highest BCUT2D eigenvalue weighted by atomic mass is 32.2. The molecule has 1 rings (SSSR count). The van der Waals surface area contributed by atoms with Gasteiger partial charge in [-0.2, -0.15) is 0 Å². The normalized spacial score (nSPS) is 11.5. The van der Waals surface area contributed by atoms with Gasteiger partial charge in [-0.15, -0.1) is 0 Å². The average molecular weight is 272 g/mol. The van der Waals surface area contributed by atoms with Gasteiger partial charge in [0.15, 0.2) is 5.75 Å². The molecule has 0 fully saturated rings. The number of hydrogen-bond donors (Lipinski definition) is 2. The smallest absolute Gasteiger partial charge is 0.320 e. The molecule has 0 bridgehead atoms. The van der Waals surface area contributed by atoms with E-state index in [1.54, 1.807) is 24.3 Å². The van der Waals surface area contributed by atoms with Gasteiger partial charge in [-0.3, -0.25) is 9.52 Å². The summed E-state index contributed by atoms with van der Waals surface area (Å²) in [6.45, 7) is 0.561. The Morgan fingerprint density at radius 1 is 1.33 bits per heavy atom. The summed E-state index contributed by atoms with van der Waals surface area (Å²) in [5.74, 6) is -2.32. The minimum atomic E-state index is -3.86. The number of anilines is 1. The second-order valence-electron chi connectivity index (χ2n) is 4.15. The van der Waals surface area contributed by atoms with Crippen LogP contribution in [0, 0.1) is 0 Å². The topological polar surface area (TPSA) is 86.7 Å². The van der Waals surface area contributed by atoms with Gasteiger partial charge < -0.3 is 10.0 Å². The summed E-state index contributed by atoms with van der Waals surface area (Å²) in [5, 5.41) is 8.51. The molecule has 6 nitrogen and oxygen atoms in total. The van der Waals surface area contributed by atoms with Crippen LogP contribution in [0.25, 0.3) is 0 Å². The first kappa shape index (κ1) is 14.5. The molecule has 0 atom stereocenters. The highest BCUT2D eigenvalue weighted by Crippen LogP contribution is 2.17. The Morgan fingerprint density at radius 2 is 1.94 bits per heavy atom. The third kappa shape index (κ3) is 4.72. The van der Waals surface area contributed by atoms with Gasteiger partial charge >= 0.3 is 5.97 Å². The van der Waals surface area contributed by atoms with Gasteiger partial charge in [-0.1, -0.05) is 18.2 Å². The first-order chi connectivity index (χ1) is 8.30. The Bertz CT molecular complexity index is 526. The second-order valence-corrected chi connectivity index (χ2v) is 5.87. The molecule has 1 aromatic carbocycles. The maximum Gasteiger partial charge on any atom is 0.320 e. The van der Waals surface area contributed by atoms with Gasteiger partial charge in [0, 0.05) is 6.54 Å². The molecule has 0 aliphatic rings. The largest absolute Gasteiger partial charge is 0.480 e. The van der Waals surface area contributed by atoms with Crippen molar-refractivity contribution in [2.24, 2.45) is 0 Å². The van der Waals surface area contributed by atoms with Crippen molar-refractivity contribution in [1.29, 1.82) is 0 Å². The minimum absolute atomic E-state index is 0.410. The number of para-hydroxylation sites is 1. The molecule has 0 radical (unpaired) electrons. The number of nitrogens with zero attached hydrogens (tertiary/aromatic N) is 1. The number of rotatable bonds is 6. The number of hydrogen-bond acceptors (Lipinski definition) is 4. The Morgan fingerprint density at radius 3 is 2.50 bits per heavy atom. The fraction of sp³-hybridized carbons (Fsp3) is 0.364. The monoisotopic (exact) mass is 272 g/mol. The lowest BCUT2D eigenvalue weighted by molar-refractivity contribution is -0.134. The quantitative estimate of drug-likeness (QED) is 0.791. The summed E-state index contributed by atoms with van der Waals surface area (Å²) in [6, 6.07) is 6.89. The van der Waals surface area contributed by atoms with Crippen molar-refractivity contribution in [2.75, 3.05) is 24.6 Å². The van der Waals surface area contributed by atoms with E-state index in [1.807, 2.05) is 19.0 Å². The zero-order valence-corrected chi connectivity index (χ0v) is 11.1. The van der Waals surface area contributed by atoms with E-state index in [0.29, 0.717) is 12.2 Å². The lowest BCUT2D eigenvalue weighted by Crippen LogP contribution is -2.23. The molecule has 0 aromatic heterocycles. The summed E-state index contributed by atoms with van der Waals surface area (Å²) in [6.07, 6.45) is 0. The maximum atomic E-state index is 11.5. The Labute approximate surface area is 106 Å². The highest BCUT2D eigenvalue weighted by molar-refractivity contribution is 7.93. The minimum Gasteiger partial charge on any atom is -0.480 e. The van der Waals surface area contributed by atoms with Crippen molar-refractivity contribution in [2.45, 2.75) is 6.54 Å². The molecule has 100 valence electrons. The molecule has 0 spiro atoms. The molecule has 0 aliphatic heterocycles. The first-order valence-corrected chi connectivity index (χ1v) is 6.90. The standard InChI is InChI=1S/C11H16N2O4S/c1-13(2)7-9-5-3-4-6-10(9)12-18(16,17)8-11(14)15/h3-6,12H,7-8H2,1-2H3,(H,14,15). The van der Waals surface area contributed by atoms with Crippen LogP contribution in [0.15, 0.2) is 24.3 Å². The zero-order valence-electron chi connectivity index (χ0n) is 10.3. The number of sulfonamides is 1. The van der Waals surface area contributed by atoms with Crippen LogP contribution in [-0.2, 0) is 21.4 Å². The van der Waals surface area contributed by atoms with E-state index in [4.69, 9.17) is 5.11 Å². The van der Waals surface area contributed by atoms with Crippen LogP contribution in [0.1, 0.15) is 5.56 Å². The molecular weight excluding hydrogens is 256 g/mol. The summed E-state index contributed by atoms with van der Waals surface area (Å²) in [5.41, 5.74) is 1.20. The molecule has 7 heteroatoms. The first-order valence-electron chi connectivity index (χ1n) is 5.25. The van der Waals surface area contributed by atoms with Crippen LogP contribution in [0.3, 0.4) is 0 Å². The van der Waals surface area contributed by atoms with Crippen molar-refractivity contribution < 1.29 is 18.3 Å². The van der Waals surface area contributed by atoms with Gasteiger partial charge in [0.2, 0.25) is 10.0 Å². The lowest BCUT2D eigenvalue weighted by Gasteiger charge is -2.15. The Hall–Kier alpha value is -1.60. The molecule has 0 saturated heterocycles. The zero-order chi connectivity index (χ0) is 13.8. The van der Waals surface area contributed by atoms with Crippen LogP contribution >= 0.6 is 0 Å². The summed E-state index contributed by atoms with van der Waals surface area (Å²) in [4.78, 5) is 12.3. The molecule has 0 aliphatic carbocycles. The number of carboxylic acids is 1. The molecule has 0 saturated carbocycles. The van der Waals surface area contributed by atoms with Crippen molar-refractivity contribution in [3.05, 3.63) is 29.8 Å². The van der Waals surface area contributed by atoms with E-state index in [0.717, 1.165) is 5.56 Å². The molecule has 0 heterocycles. The SMILES string of the molecule is CN(C)Cc1ccccc1NS(=O)(=O)CC(=O)O. The average Bonchev–Trinajstić information content (AvgIpc) is 2.17. The van der Waals surface area contributed by atoms with E-state index >= 15 is 0 Å². The van der Waals surface area contributed by atoms with Crippen LogP contribution < -0.4 is 4.72 Å². The van der Waals surface area contributed by atoms with E-state index in [9.17, 15) is 13.2 Å². The van der Waals surface area contributed by atoms with Gasteiger partial charge in [-0.25, -0.2) is 8.42 Å². The van der Waals surface area contributed by atoms with Crippen LogP contribution in [0.2, 0.25) is 0 Å². The van der Waals surface area contributed by atoms with Crippen LogP contribution in [0.4, 0.5) is 5.69 Å². The summed E-state index contributed by atoms with van der Waals surface area (Å²) < 4.78 is 25.4. The molecule has 0 amide bonds. The molecule has 18 heavy (non-hydrogen) atoms. The summed E-state index contributed by atoms with van der Waals surface area (Å²) >= 11 is 0. The molecule has 0 unspecified atom stereocenters. The number of carbonyl (C=O) groups is 1. The fourth-order valence-corrected chi connectivity index (χ4v) is 2.40. The van der Waals surface area contributed by atoms with Crippen molar-refractivity contribution in [3.63, 3.8) is 0 Å². The molecule has 2 N–H and O–H groups in total. The predicted molar refractivity (Wildman–Crippen MR) is 68.9 cm³/mol. The Balaban J connectivity index is 2.93. The van der Waals surface area contributed by atoms with Gasteiger partial charge in [-0.05, 0) is 25.7 Å². The van der Waals surface area contributed by atoms with E-state index in [2.05, 4.69) is 4.72 Å². The van der Waals surface area contributed by atoms with Crippen molar-refractivity contribution >= 4 is 21.7 Å². The Kier molecular flexibility index (Phi) is 4.69. The second kappa shape index (κ2) is 5.83. The highest BCUT2D eigenvalue weighted by Gasteiger charge is 2.17. The third-order valence-corrected chi connectivity index (χ3v) is 3.24. The number of benzene rings is 1. The number of nitrogens with one attached hydrogen (secondary N) is 1. The van der Waals surface area contributed by atoms with Gasteiger partial charge in [0.05, 0.1) is 5.69 Å². The van der Waals surface area contributed by atoms with E-state index < -0.39 is 21.7 Å². The van der Waals surface area contributed by atoms with Crippen molar-refractivity contribution in [1.82, 2.24) is 4.90 Å². The predicted octanol–water partition coefficient (Wildman–Crippen LogP) is 0.575. The fourth-order valence-electron chi connectivity index (χ4n) is 1.46. The summed E-state index contributed by atoms with van der Waals surface area (Å²) in [7, 11) is -0.133. The molecular formula is C11H16N2O4S. The van der Waals surface area contributed by atoms with Gasteiger partial charge in [0.25, 0.3) is 0 Å². The van der Waals surface area contributed by atoms with Gasteiger partial charge in [0.1, 0.15) is 0 Å². The van der Waals surface area contributed by atoms with Crippen LogP contribution in [0.5, 0.6) is 0 Å². The van der Waals surface area contributed by atoms with E-state index in [-0.39, 0.29) is 0 Å². The number of aliphatic carboxylic acids is 1. The van der Waals surface area contributed by atoms with Crippen LogP contribution in [-0.4, -0.2) is 44.2 Å². The third-order valence-electron chi connectivity index (χ3n) is 2.08. The maximum absolute atomic E-state index is 11.5. The number of carboxylic acid groups (broad SMARTS) is 1. The molecule has 1 aromatic rings. The lowest BCUT2D eigenvalue weighted by atomic mass is 10.2.